The molecule has 76 valence electrons. The number of hydrogen-bond acceptors (Lipinski definition) is 2. The fourth-order valence-electron chi connectivity index (χ4n) is 1.06. The maximum absolute atomic E-state index is 12.3. The zero-order valence-corrected chi connectivity index (χ0v) is 7.09. The van der Waals surface area contributed by atoms with Gasteiger partial charge in [-0.3, -0.25) is 4.98 Å². The number of aromatic carboxylic acids is 1. The number of pyridine rings is 1. The van der Waals surface area contributed by atoms with Gasteiger partial charge in [0.05, 0.1) is 11.1 Å². The van der Waals surface area contributed by atoms with Crippen LogP contribution in [-0.4, -0.2) is 16.1 Å². The monoisotopic (exact) mass is 205 g/mol. The molecule has 0 aliphatic carbocycles. The molecule has 0 saturated heterocycles. The molecule has 0 aliphatic heterocycles. The van der Waals surface area contributed by atoms with Crippen molar-refractivity contribution in [1.29, 1.82) is 0 Å². The summed E-state index contributed by atoms with van der Waals surface area (Å²) in [6.07, 6.45) is -3.10. The highest BCUT2D eigenvalue weighted by Crippen LogP contribution is 2.32. The first kappa shape index (κ1) is 10.5. The largest absolute Gasteiger partial charge is 0.478 e. The average Bonchev–Trinajstić information content (AvgIpc) is 2.01. The predicted octanol–water partition coefficient (Wildman–Crippen LogP) is 2.11. The van der Waals surface area contributed by atoms with E-state index in [2.05, 4.69) is 4.98 Å². The zero-order chi connectivity index (χ0) is 10.9. The van der Waals surface area contributed by atoms with Crippen LogP contribution in [-0.2, 0) is 6.18 Å². The van der Waals surface area contributed by atoms with Crippen molar-refractivity contribution in [3.63, 3.8) is 0 Å². The van der Waals surface area contributed by atoms with Gasteiger partial charge in [-0.25, -0.2) is 4.79 Å². The lowest BCUT2D eigenvalue weighted by Crippen LogP contribution is -2.14. The lowest BCUT2D eigenvalue weighted by Gasteiger charge is -2.10. The van der Waals surface area contributed by atoms with Crippen molar-refractivity contribution >= 4 is 5.97 Å². The molecule has 0 bridgehead atoms. The van der Waals surface area contributed by atoms with Crippen molar-refractivity contribution in [2.75, 3.05) is 0 Å². The molecule has 0 saturated carbocycles. The molecule has 0 unspecified atom stereocenters. The number of carboxylic acid groups (broad SMARTS) is 1. The number of hydrogen-bond donors (Lipinski definition) is 1. The molecule has 1 N–H and O–H groups in total. The molecule has 1 aromatic rings. The molecule has 0 fully saturated rings. The minimum Gasteiger partial charge on any atom is -0.478 e. The van der Waals surface area contributed by atoms with Gasteiger partial charge in [-0.15, -0.1) is 0 Å². The Morgan fingerprint density at radius 1 is 1.43 bits per heavy atom. The smallest absolute Gasteiger partial charge is 0.418 e. The molecule has 1 heterocycles. The molecule has 6 heteroatoms. The maximum atomic E-state index is 12.3. The summed E-state index contributed by atoms with van der Waals surface area (Å²) in [7, 11) is 0. The second-order valence-electron chi connectivity index (χ2n) is 2.68. The van der Waals surface area contributed by atoms with Crippen LogP contribution in [0.2, 0.25) is 0 Å². The molecule has 0 atom stereocenters. The van der Waals surface area contributed by atoms with Crippen LogP contribution in [0.15, 0.2) is 12.4 Å². The Balaban J connectivity index is 3.44. The fourth-order valence-corrected chi connectivity index (χ4v) is 1.06. The summed E-state index contributed by atoms with van der Waals surface area (Å²) in [6.45, 7) is 1.27. The van der Waals surface area contributed by atoms with Gasteiger partial charge in [-0.05, 0) is 12.5 Å². The van der Waals surface area contributed by atoms with Gasteiger partial charge < -0.3 is 5.11 Å². The van der Waals surface area contributed by atoms with Crippen LogP contribution in [0, 0.1) is 6.92 Å². The minimum atomic E-state index is -4.69. The van der Waals surface area contributed by atoms with E-state index in [0.717, 1.165) is 6.20 Å². The Labute approximate surface area is 77.2 Å². The summed E-state index contributed by atoms with van der Waals surface area (Å²) in [6, 6.07) is 0. The van der Waals surface area contributed by atoms with Crippen molar-refractivity contribution in [1.82, 2.24) is 4.98 Å². The molecule has 0 radical (unpaired) electrons. The van der Waals surface area contributed by atoms with Crippen LogP contribution in [0.25, 0.3) is 0 Å². The Morgan fingerprint density at radius 2 is 2.00 bits per heavy atom. The first-order chi connectivity index (χ1) is 6.34. The third kappa shape index (κ3) is 1.84. The highest BCUT2D eigenvalue weighted by Gasteiger charge is 2.36. The molecule has 0 amide bonds. The molecule has 3 nitrogen and oxygen atoms in total. The Hall–Kier alpha value is -1.59. The van der Waals surface area contributed by atoms with E-state index in [1.165, 1.54) is 6.92 Å². The lowest BCUT2D eigenvalue weighted by atomic mass is 10.1. The van der Waals surface area contributed by atoms with Gasteiger partial charge in [0.25, 0.3) is 0 Å². The van der Waals surface area contributed by atoms with E-state index in [9.17, 15) is 18.0 Å². The molecule has 14 heavy (non-hydrogen) atoms. The van der Waals surface area contributed by atoms with E-state index in [1.807, 2.05) is 0 Å². The molecule has 1 rings (SSSR count). The summed E-state index contributed by atoms with van der Waals surface area (Å²) < 4.78 is 36.9. The topological polar surface area (TPSA) is 50.2 Å². The number of halogens is 3. The molecule has 1 aromatic heterocycles. The average molecular weight is 205 g/mol. The van der Waals surface area contributed by atoms with Crippen LogP contribution in [0.4, 0.5) is 13.2 Å². The standard InChI is InChI=1S/C8H6F3NO2/c1-4-2-12-3-5(8(9,10)11)6(4)7(13)14/h2-3H,1H3,(H,13,14). The van der Waals surface area contributed by atoms with Crippen molar-refractivity contribution in [2.24, 2.45) is 0 Å². The van der Waals surface area contributed by atoms with Crippen molar-refractivity contribution in [3.05, 3.63) is 29.1 Å². The molecule has 0 aliphatic rings. The van der Waals surface area contributed by atoms with Crippen molar-refractivity contribution in [2.45, 2.75) is 13.1 Å². The van der Waals surface area contributed by atoms with Crippen molar-refractivity contribution in [3.8, 4) is 0 Å². The number of carbonyl (C=O) groups is 1. The Morgan fingerprint density at radius 3 is 2.36 bits per heavy atom. The second kappa shape index (κ2) is 3.28. The van der Waals surface area contributed by atoms with Gasteiger partial charge in [-0.1, -0.05) is 0 Å². The third-order valence-corrected chi connectivity index (χ3v) is 1.65. The van der Waals surface area contributed by atoms with Gasteiger partial charge >= 0.3 is 12.1 Å². The summed E-state index contributed by atoms with van der Waals surface area (Å²) in [5.74, 6) is -1.60. The summed E-state index contributed by atoms with van der Waals surface area (Å²) in [4.78, 5) is 13.9. The minimum absolute atomic E-state index is 0.00711. The van der Waals surface area contributed by atoms with E-state index >= 15 is 0 Å². The van der Waals surface area contributed by atoms with Gasteiger partial charge in [0.15, 0.2) is 0 Å². The van der Waals surface area contributed by atoms with Crippen LogP contribution in [0.5, 0.6) is 0 Å². The summed E-state index contributed by atoms with van der Waals surface area (Å²) >= 11 is 0. The normalized spacial score (nSPS) is 11.4. The fraction of sp³-hybridized carbons (Fsp3) is 0.250. The highest BCUT2D eigenvalue weighted by atomic mass is 19.4. The number of nitrogens with zero attached hydrogens (tertiary/aromatic N) is 1. The van der Waals surface area contributed by atoms with Crippen molar-refractivity contribution < 1.29 is 23.1 Å². The SMILES string of the molecule is Cc1cncc(C(F)(F)F)c1C(=O)O. The second-order valence-corrected chi connectivity index (χ2v) is 2.68. The first-order valence-electron chi connectivity index (χ1n) is 3.59. The number of alkyl halides is 3. The quantitative estimate of drug-likeness (QED) is 0.763. The lowest BCUT2D eigenvalue weighted by molar-refractivity contribution is -0.138. The van der Waals surface area contributed by atoms with Gasteiger partial charge in [0.1, 0.15) is 0 Å². The number of aryl methyl sites for hydroxylation is 1. The molecular formula is C8H6F3NO2. The van der Waals surface area contributed by atoms with E-state index < -0.39 is 23.3 Å². The number of aromatic nitrogens is 1. The van der Waals surface area contributed by atoms with Gasteiger partial charge in [0.2, 0.25) is 0 Å². The molecule has 0 aromatic carbocycles. The predicted molar refractivity (Wildman–Crippen MR) is 40.9 cm³/mol. The Kier molecular flexibility index (Phi) is 2.46. The van der Waals surface area contributed by atoms with E-state index in [1.54, 1.807) is 0 Å². The third-order valence-electron chi connectivity index (χ3n) is 1.65. The summed E-state index contributed by atoms with van der Waals surface area (Å²) in [5.41, 5.74) is -1.97. The van der Waals surface area contributed by atoms with Crippen LogP contribution in [0.1, 0.15) is 21.5 Å². The van der Waals surface area contributed by atoms with Crippen LogP contribution < -0.4 is 0 Å². The molecule has 0 spiro atoms. The first-order valence-corrected chi connectivity index (χ1v) is 3.59. The van der Waals surface area contributed by atoms with E-state index in [-0.39, 0.29) is 5.56 Å². The maximum Gasteiger partial charge on any atom is 0.418 e. The van der Waals surface area contributed by atoms with Gasteiger partial charge in [-0.2, -0.15) is 13.2 Å². The van der Waals surface area contributed by atoms with Crippen LogP contribution in [0.3, 0.4) is 0 Å². The number of rotatable bonds is 1. The highest BCUT2D eigenvalue weighted by molar-refractivity contribution is 5.91. The summed E-state index contributed by atoms with van der Waals surface area (Å²) in [5, 5.41) is 8.58. The van der Waals surface area contributed by atoms with Gasteiger partial charge in [0, 0.05) is 12.4 Å². The van der Waals surface area contributed by atoms with E-state index in [0.29, 0.717) is 6.20 Å². The van der Waals surface area contributed by atoms with Crippen LogP contribution >= 0.6 is 0 Å². The van der Waals surface area contributed by atoms with E-state index in [4.69, 9.17) is 5.11 Å². The zero-order valence-electron chi connectivity index (χ0n) is 7.09. The Bertz CT molecular complexity index is 373. The molecular weight excluding hydrogens is 199 g/mol. The number of carboxylic acids is 1.